The van der Waals surface area contributed by atoms with Gasteiger partial charge in [0.15, 0.2) is 0 Å². The zero-order valence-corrected chi connectivity index (χ0v) is 12.9. The van der Waals surface area contributed by atoms with Crippen molar-refractivity contribution in [1.82, 2.24) is 9.80 Å². The number of benzene rings is 1. The van der Waals surface area contributed by atoms with Crippen LogP contribution in [0.1, 0.15) is 29.6 Å². The second-order valence-corrected chi connectivity index (χ2v) is 6.16. The topological polar surface area (TPSA) is 53.0 Å². The summed E-state index contributed by atoms with van der Waals surface area (Å²) in [5, 5.41) is 8.85. The minimum Gasteiger partial charge on any atom is -0.494 e. The second kappa shape index (κ2) is 7.11. The van der Waals surface area contributed by atoms with Gasteiger partial charge in [0.1, 0.15) is 5.75 Å². The Bertz CT molecular complexity index is 503. The van der Waals surface area contributed by atoms with E-state index in [1.165, 1.54) is 39.0 Å². The maximum atomic E-state index is 10.8. The summed E-state index contributed by atoms with van der Waals surface area (Å²) in [6.07, 6.45) is 3.71. The Morgan fingerprint density at radius 1 is 1.23 bits per heavy atom. The van der Waals surface area contributed by atoms with Crippen molar-refractivity contribution in [2.45, 2.75) is 25.3 Å². The summed E-state index contributed by atoms with van der Waals surface area (Å²) in [6.45, 7) is 6.63. The Morgan fingerprint density at radius 2 is 2.05 bits per heavy atom. The van der Waals surface area contributed by atoms with Crippen molar-refractivity contribution >= 4 is 5.97 Å². The molecule has 0 amide bonds. The summed E-state index contributed by atoms with van der Waals surface area (Å²) in [4.78, 5) is 15.9. The predicted octanol–water partition coefficient (Wildman–Crippen LogP) is 1.93. The molecule has 1 aromatic rings. The standard InChI is InChI=1S/C17H24N2O3/c20-17(21)14-4-6-16(7-5-14)22-12-2-8-18-10-11-19-9-1-3-15(19)13-18/h4-7,15H,1-3,8-13H2,(H,20,21)/t15-/m1/s1. The molecule has 5 heteroatoms. The molecule has 0 saturated carbocycles. The smallest absolute Gasteiger partial charge is 0.335 e. The van der Waals surface area contributed by atoms with Crippen molar-refractivity contribution in [2.24, 2.45) is 0 Å². The number of hydrogen-bond acceptors (Lipinski definition) is 4. The van der Waals surface area contributed by atoms with Crippen LogP contribution in [0.25, 0.3) is 0 Å². The molecule has 0 aromatic heterocycles. The van der Waals surface area contributed by atoms with Gasteiger partial charge in [-0.15, -0.1) is 0 Å². The Kier molecular flexibility index (Phi) is 4.95. The lowest BCUT2D eigenvalue weighted by molar-refractivity contribution is 0.0697. The van der Waals surface area contributed by atoms with Crippen molar-refractivity contribution in [3.8, 4) is 5.75 Å². The molecule has 1 atom stereocenters. The number of ether oxygens (including phenoxy) is 1. The molecule has 2 fully saturated rings. The summed E-state index contributed by atoms with van der Waals surface area (Å²) < 4.78 is 5.69. The molecular formula is C17H24N2O3. The predicted molar refractivity (Wildman–Crippen MR) is 84.5 cm³/mol. The lowest BCUT2D eigenvalue weighted by atomic mass is 10.1. The third-order valence-corrected chi connectivity index (χ3v) is 4.66. The zero-order chi connectivity index (χ0) is 15.4. The molecule has 120 valence electrons. The molecule has 2 saturated heterocycles. The average molecular weight is 304 g/mol. The first-order valence-electron chi connectivity index (χ1n) is 8.15. The SMILES string of the molecule is O=C(O)c1ccc(OCCCN2CCN3CCC[C@@H]3C2)cc1. The molecule has 0 aliphatic carbocycles. The molecule has 1 N–H and O–H groups in total. The molecule has 22 heavy (non-hydrogen) atoms. The van der Waals surface area contributed by atoms with Crippen molar-refractivity contribution in [1.29, 1.82) is 0 Å². The van der Waals surface area contributed by atoms with E-state index in [0.717, 1.165) is 24.8 Å². The molecule has 0 bridgehead atoms. The van der Waals surface area contributed by atoms with E-state index in [0.29, 0.717) is 12.2 Å². The van der Waals surface area contributed by atoms with Crippen LogP contribution in [0.3, 0.4) is 0 Å². The lowest BCUT2D eigenvalue weighted by Gasteiger charge is -2.37. The van der Waals surface area contributed by atoms with E-state index in [9.17, 15) is 4.79 Å². The van der Waals surface area contributed by atoms with Crippen LogP contribution in [0.5, 0.6) is 5.75 Å². The molecule has 2 aliphatic rings. The Balaban J connectivity index is 1.36. The Labute approximate surface area is 131 Å². The number of rotatable bonds is 6. The summed E-state index contributed by atoms with van der Waals surface area (Å²) >= 11 is 0. The van der Waals surface area contributed by atoms with Gasteiger partial charge in [-0.25, -0.2) is 4.79 Å². The lowest BCUT2D eigenvalue weighted by Crippen LogP contribution is -2.50. The molecule has 1 aromatic carbocycles. The fourth-order valence-corrected chi connectivity index (χ4v) is 3.43. The van der Waals surface area contributed by atoms with Gasteiger partial charge in [0.2, 0.25) is 0 Å². The third kappa shape index (κ3) is 3.78. The van der Waals surface area contributed by atoms with Gasteiger partial charge in [-0.3, -0.25) is 4.90 Å². The van der Waals surface area contributed by atoms with E-state index < -0.39 is 5.97 Å². The van der Waals surface area contributed by atoms with Crippen LogP contribution in [0.2, 0.25) is 0 Å². The first kappa shape index (κ1) is 15.3. The van der Waals surface area contributed by atoms with Gasteiger partial charge >= 0.3 is 5.97 Å². The second-order valence-electron chi connectivity index (χ2n) is 6.16. The first-order chi connectivity index (χ1) is 10.7. The van der Waals surface area contributed by atoms with Crippen LogP contribution < -0.4 is 4.74 Å². The number of carboxylic acid groups (broad SMARTS) is 1. The van der Waals surface area contributed by atoms with Crippen LogP contribution in [0.15, 0.2) is 24.3 Å². The fraction of sp³-hybridized carbons (Fsp3) is 0.588. The number of carbonyl (C=O) groups is 1. The van der Waals surface area contributed by atoms with Gasteiger partial charge in [0.25, 0.3) is 0 Å². The van der Waals surface area contributed by atoms with E-state index >= 15 is 0 Å². The maximum absolute atomic E-state index is 10.8. The first-order valence-corrected chi connectivity index (χ1v) is 8.15. The molecule has 5 nitrogen and oxygen atoms in total. The van der Waals surface area contributed by atoms with Crippen LogP contribution >= 0.6 is 0 Å². The maximum Gasteiger partial charge on any atom is 0.335 e. The normalized spacial score (nSPS) is 22.5. The van der Waals surface area contributed by atoms with E-state index in [-0.39, 0.29) is 0 Å². The molecule has 0 unspecified atom stereocenters. The van der Waals surface area contributed by atoms with Crippen molar-refractivity contribution in [3.63, 3.8) is 0 Å². The van der Waals surface area contributed by atoms with Gasteiger partial charge in [0.05, 0.1) is 12.2 Å². The van der Waals surface area contributed by atoms with Crippen molar-refractivity contribution in [2.75, 3.05) is 39.3 Å². The average Bonchev–Trinajstić information content (AvgIpc) is 2.99. The molecule has 2 aliphatic heterocycles. The van der Waals surface area contributed by atoms with Crippen LogP contribution in [-0.4, -0.2) is 66.2 Å². The Hall–Kier alpha value is -1.59. The number of fused-ring (bicyclic) bond motifs is 1. The Morgan fingerprint density at radius 3 is 2.82 bits per heavy atom. The van der Waals surface area contributed by atoms with Crippen LogP contribution in [0.4, 0.5) is 0 Å². The highest BCUT2D eigenvalue weighted by Crippen LogP contribution is 2.21. The monoisotopic (exact) mass is 304 g/mol. The zero-order valence-electron chi connectivity index (χ0n) is 12.9. The number of nitrogens with zero attached hydrogens (tertiary/aromatic N) is 2. The van der Waals surface area contributed by atoms with E-state index in [1.807, 2.05) is 0 Å². The third-order valence-electron chi connectivity index (χ3n) is 4.66. The summed E-state index contributed by atoms with van der Waals surface area (Å²) in [5.41, 5.74) is 0.293. The summed E-state index contributed by atoms with van der Waals surface area (Å²) in [5.74, 6) is -0.164. The number of hydrogen-bond donors (Lipinski definition) is 1. The minimum atomic E-state index is -0.905. The van der Waals surface area contributed by atoms with Gasteiger partial charge in [-0.05, 0) is 50.1 Å². The number of piperazine rings is 1. The van der Waals surface area contributed by atoms with E-state index in [4.69, 9.17) is 9.84 Å². The molecule has 0 radical (unpaired) electrons. The summed E-state index contributed by atoms with van der Waals surface area (Å²) in [7, 11) is 0. The van der Waals surface area contributed by atoms with Crippen molar-refractivity contribution < 1.29 is 14.6 Å². The van der Waals surface area contributed by atoms with Crippen LogP contribution in [-0.2, 0) is 0 Å². The van der Waals surface area contributed by atoms with Gasteiger partial charge in [-0.1, -0.05) is 0 Å². The molecule has 0 spiro atoms. The minimum absolute atomic E-state index is 0.293. The molecule has 3 rings (SSSR count). The van der Waals surface area contributed by atoms with Crippen molar-refractivity contribution in [3.05, 3.63) is 29.8 Å². The van der Waals surface area contributed by atoms with Crippen LogP contribution in [0, 0.1) is 0 Å². The van der Waals surface area contributed by atoms with E-state index in [1.54, 1.807) is 24.3 Å². The number of aromatic carboxylic acids is 1. The fourth-order valence-electron chi connectivity index (χ4n) is 3.43. The summed E-state index contributed by atoms with van der Waals surface area (Å²) in [6, 6.07) is 7.38. The largest absolute Gasteiger partial charge is 0.494 e. The van der Waals surface area contributed by atoms with Gasteiger partial charge in [-0.2, -0.15) is 0 Å². The van der Waals surface area contributed by atoms with E-state index in [2.05, 4.69) is 9.80 Å². The highest BCUT2D eigenvalue weighted by molar-refractivity contribution is 5.87. The highest BCUT2D eigenvalue weighted by atomic mass is 16.5. The molecule has 2 heterocycles. The quantitative estimate of drug-likeness (QED) is 0.814. The molecular weight excluding hydrogens is 280 g/mol. The highest BCUT2D eigenvalue weighted by Gasteiger charge is 2.29. The van der Waals surface area contributed by atoms with Gasteiger partial charge < -0.3 is 14.7 Å². The van der Waals surface area contributed by atoms with Gasteiger partial charge in [0, 0.05) is 32.2 Å². The number of carboxylic acids is 1.